The van der Waals surface area contributed by atoms with E-state index in [0.29, 0.717) is 12.4 Å². The minimum absolute atomic E-state index is 0.161. The number of hydrogen-bond acceptors (Lipinski definition) is 2. The first-order valence-corrected chi connectivity index (χ1v) is 7.01. The molecular weight excluding hydrogens is 318 g/mol. The Morgan fingerprint density at radius 3 is 2.65 bits per heavy atom. The number of aromatic nitrogens is 1. The second-order valence-electron chi connectivity index (χ2n) is 4.42. The number of halogens is 1. The maximum absolute atomic E-state index is 11.6. The van der Waals surface area contributed by atoms with Crippen molar-refractivity contribution in [1.82, 2.24) is 4.98 Å². The van der Waals surface area contributed by atoms with E-state index in [9.17, 15) is 4.79 Å². The largest absolute Gasteiger partial charge is 0.488 e. The molecule has 0 atom stereocenters. The van der Waals surface area contributed by atoms with Gasteiger partial charge in [0.2, 0.25) is 0 Å². The standard InChI is InChI=1S/C16H12BrNO2/c17-13-7-3-1-5-11(13)10-20-15-9-16(19)18-14-8-4-2-6-12(14)15/h1-9H,10H2,(H,18,19). The maximum Gasteiger partial charge on any atom is 0.252 e. The smallest absolute Gasteiger partial charge is 0.252 e. The lowest BCUT2D eigenvalue weighted by molar-refractivity contribution is 0.309. The molecule has 3 aromatic rings. The van der Waals surface area contributed by atoms with Crippen LogP contribution in [0.15, 0.2) is 63.9 Å². The van der Waals surface area contributed by atoms with Gasteiger partial charge < -0.3 is 9.72 Å². The average molecular weight is 330 g/mol. The molecule has 0 spiro atoms. The van der Waals surface area contributed by atoms with Crippen LogP contribution in [-0.4, -0.2) is 4.98 Å². The van der Waals surface area contributed by atoms with Crippen LogP contribution in [0.2, 0.25) is 0 Å². The van der Waals surface area contributed by atoms with Crippen LogP contribution in [0.4, 0.5) is 0 Å². The van der Waals surface area contributed by atoms with Gasteiger partial charge in [-0.25, -0.2) is 0 Å². The molecule has 3 rings (SSSR count). The number of para-hydroxylation sites is 1. The Morgan fingerprint density at radius 1 is 1.05 bits per heavy atom. The first-order valence-electron chi connectivity index (χ1n) is 6.22. The van der Waals surface area contributed by atoms with E-state index in [1.165, 1.54) is 6.07 Å². The summed E-state index contributed by atoms with van der Waals surface area (Å²) >= 11 is 3.49. The quantitative estimate of drug-likeness (QED) is 0.792. The summed E-state index contributed by atoms with van der Waals surface area (Å²) in [6, 6.07) is 17.0. The molecule has 0 amide bonds. The van der Waals surface area contributed by atoms with Crippen molar-refractivity contribution in [3.63, 3.8) is 0 Å². The number of pyridine rings is 1. The summed E-state index contributed by atoms with van der Waals surface area (Å²) in [5.74, 6) is 0.597. The molecule has 20 heavy (non-hydrogen) atoms. The lowest BCUT2D eigenvalue weighted by Gasteiger charge is -2.10. The van der Waals surface area contributed by atoms with Gasteiger partial charge in [-0.15, -0.1) is 0 Å². The zero-order chi connectivity index (χ0) is 13.9. The van der Waals surface area contributed by atoms with Gasteiger partial charge in [-0.05, 0) is 18.2 Å². The van der Waals surface area contributed by atoms with Crippen LogP contribution < -0.4 is 10.3 Å². The summed E-state index contributed by atoms with van der Waals surface area (Å²) in [5, 5.41) is 0.902. The number of nitrogens with one attached hydrogen (secondary N) is 1. The fraction of sp³-hybridized carbons (Fsp3) is 0.0625. The van der Waals surface area contributed by atoms with Crippen LogP contribution in [0.25, 0.3) is 10.9 Å². The fourth-order valence-electron chi connectivity index (χ4n) is 2.06. The highest BCUT2D eigenvalue weighted by atomic mass is 79.9. The zero-order valence-corrected chi connectivity index (χ0v) is 12.2. The van der Waals surface area contributed by atoms with Crippen molar-refractivity contribution in [2.24, 2.45) is 0 Å². The second kappa shape index (κ2) is 5.51. The highest BCUT2D eigenvalue weighted by Crippen LogP contribution is 2.24. The predicted octanol–water partition coefficient (Wildman–Crippen LogP) is 3.87. The minimum Gasteiger partial charge on any atom is -0.488 e. The van der Waals surface area contributed by atoms with E-state index in [-0.39, 0.29) is 5.56 Å². The summed E-state index contributed by atoms with van der Waals surface area (Å²) in [7, 11) is 0. The molecule has 2 aromatic carbocycles. The van der Waals surface area contributed by atoms with Gasteiger partial charge in [0.25, 0.3) is 5.56 Å². The lowest BCUT2D eigenvalue weighted by Crippen LogP contribution is -2.06. The molecule has 3 nitrogen and oxygen atoms in total. The van der Waals surface area contributed by atoms with Crippen LogP contribution >= 0.6 is 15.9 Å². The Labute approximate surface area is 124 Å². The molecule has 0 saturated heterocycles. The topological polar surface area (TPSA) is 42.1 Å². The second-order valence-corrected chi connectivity index (χ2v) is 5.28. The number of H-pyrrole nitrogens is 1. The molecule has 0 unspecified atom stereocenters. The van der Waals surface area contributed by atoms with Crippen LogP contribution in [0.1, 0.15) is 5.56 Å². The van der Waals surface area contributed by atoms with Crippen LogP contribution in [-0.2, 0) is 6.61 Å². The van der Waals surface area contributed by atoms with Crippen molar-refractivity contribution in [2.45, 2.75) is 6.61 Å². The van der Waals surface area contributed by atoms with Gasteiger partial charge in [-0.2, -0.15) is 0 Å². The van der Waals surface area contributed by atoms with Crippen molar-refractivity contribution in [2.75, 3.05) is 0 Å². The van der Waals surface area contributed by atoms with Crippen LogP contribution in [0.3, 0.4) is 0 Å². The van der Waals surface area contributed by atoms with Gasteiger partial charge >= 0.3 is 0 Å². The number of fused-ring (bicyclic) bond motifs is 1. The van der Waals surface area contributed by atoms with Crippen LogP contribution in [0, 0.1) is 0 Å². The molecule has 0 saturated carbocycles. The van der Waals surface area contributed by atoms with E-state index in [4.69, 9.17) is 4.74 Å². The molecule has 1 N–H and O–H groups in total. The van der Waals surface area contributed by atoms with Gasteiger partial charge in [0.15, 0.2) is 0 Å². The third-order valence-corrected chi connectivity index (χ3v) is 3.83. The molecule has 0 fully saturated rings. The van der Waals surface area contributed by atoms with Crippen molar-refractivity contribution >= 4 is 26.8 Å². The normalized spacial score (nSPS) is 10.7. The maximum atomic E-state index is 11.6. The lowest BCUT2D eigenvalue weighted by atomic mass is 10.2. The number of aromatic amines is 1. The first-order chi connectivity index (χ1) is 9.74. The SMILES string of the molecule is O=c1cc(OCc2ccccc2Br)c2ccccc2[nH]1. The molecule has 0 bridgehead atoms. The summed E-state index contributed by atoms with van der Waals surface area (Å²) in [4.78, 5) is 14.4. The van der Waals surface area contributed by atoms with E-state index in [1.807, 2.05) is 48.5 Å². The van der Waals surface area contributed by atoms with E-state index in [1.54, 1.807) is 0 Å². The van der Waals surface area contributed by atoms with Crippen molar-refractivity contribution < 1.29 is 4.74 Å². The Morgan fingerprint density at radius 2 is 1.80 bits per heavy atom. The molecule has 0 aliphatic carbocycles. The van der Waals surface area contributed by atoms with Crippen molar-refractivity contribution in [1.29, 1.82) is 0 Å². The highest BCUT2D eigenvalue weighted by molar-refractivity contribution is 9.10. The van der Waals surface area contributed by atoms with Gasteiger partial charge in [0.1, 0.15) is 12.4 Å². The van der Waals surface area contributed by atoms with Gasteiger partial charge in [0, 0.05) is 21.5 Å². The third kappa shape index (κ3) is 2.60. The number of ether oxygens (including phenoxy) is 1. The summed E-state index contributed by atoms with van der Waals surface area (Å²) in [5.41, 5.74) is 1.66. The minimum atomic E-state index is -0.161. The van der Waals surface area contributed by atoms with E-state index < -0.39 is 0 Å². The van der Waals surface area contributed by atoms with Gasteiger partial charge in [0.05, 0.1) is 5.52 Å². The Hall–Kier alpha value is -2.07. The zero-order valence-electron chi connectivity index (χ0n) is 10.6. The molecule has 0 radical (unpaired) electrons. The molecule has 1 aromatic heterocycles. The summed E-state index contributed by atoms with van der Waals surface area (Å²) < 4.78 is 6.81. The molecular formula is C16H12BrNO2. The summed E-state index contributed by atoms with van der Waals surface area (Å²) in [6.07, 6.45) is 0. The molecule has 0 aliphatic heterocycles. The highest BCUT2D eigenvalue weighted by Gasteiger charge is 2.05. The third-order valence-electron chi connectivity index (χ3n) is 3.05. The Kier molecular flexibility index (Phi) is 3.56. The molecule has 4 heteroatoms. The number of rotatable bonds is 3. The van der Waals surface area contributed by atoms with Gasteiger partial charge in [-0.1, -0.05) is 46.3 Å². The van der Waals surface area contributed by atoms with Crippen molar-refractivity contribution in [3.8, 4) is 5.75 Å². The van der Waals surface area contributed by atoms with Gasteiger partial charge in [-0.3, -0.25) is 4.79 Å². The van der Waals surface area contributed by atoms with E-state index in [2.05, 4.69) is 20.9 Å². The predicted molar refractivity (Wildman–Crippen MR) is 83.0 cm³/mol. The molecule has 0 aliphatic rings. The first kappa shape index (κ1) is 12.9. The molecule has 1 heterocycles. The van der Waals surface area contributed by atoms with Crippen LogP contribution in [0.5, 0.6) is 5.75 Å². The number of benzene rings is 2. The van der Waals surface area contributed by atoms with E-state index >= 15 is 0 Å². The fourth-order valence-corrected chi connectivity index (χ4v) is 2.46. The van der Waals surface area contributed by atoms with Crippen molar-refractivity contribution in [3.05, 3.63) is 75.0 Å². The van der Waals surface area contributed by atoms with E-state index in [0.717, 1.165) is 20.9 Å². The number of hydrogen-bond donors (Lipinski definition) is 1. The summed E-state index contributed by atoms with van der Waals surface area (Å²) in [6.45, 7) is 0.412. The average Bonchev–Trinajstić information content (AvgIpc) is 2.46. The molecule has 100 valence electrons. The monoisotopic (exact) mass is 329 g/mol. The Balaban J connectivity index is 1.95. The Bertz CT molecular complexity index is 811.